The molecule has 0 spiro atoms. The zero-order valence-electron chi connectivity index (χ0n) is 20.3. The van der Waals surface area contributed by atoms with E-state index in [1.165, 1.54) is 11.1 Å². The quantitative estimate of drug-likeness (QED) is 0.357. The number of rotatable bonds is 7. The van der Waals surface area contributed by atoms with Gasteiger partial charge >= 0.3 is 5.97 Å². The number of aryl methyl sites for hydroxylation is 2. The monoisotopic (exact) mass is 469 g/mol. The molecule has 2 atom stereocenters. The van der Waals surface area contributed by atoms with E-state index in [-0.39, 0.29) is 5.92 Å². The van der Waals surface area contributed by atoms with Crippen molar-refractivity contribution in [1.82, 2.24) is 14.5 Å². The molecule has 1 N–H and O–H groups in total. The molecule has 0 radical (unpaired) electrons. The molecule has 0 amide bonds. The van der Waals surface area contributed by atoms with Crippen molar-refractivity contribution in [1.29, 1.82) is 0 Å². The molecule has 2 aromatic heterocycles. The average molecular weight is 470 g/mol. The Bertz CT molecular complexity index is 1340. The number of nitrogens with zero attached hydrogens (tertiary/aromatic N) is 3. The highest BCUT2D eigenvalue weighted by Gasteiger charge is 2.35. The van der Waals surface area contributed by atoms with Crippen molar-refractivity contribution in [3.05, 3.63) is 89.0 Å². The summed E-state index contributed by atoms with van der Waals surface area (Å²) in [5.41, 5.74) is 6.22. The molecule has 6 heteroatoms. The Balaban J connectivity index is 1.54. The Labute approximate surface area is 205 Å². The zero-order chi connectivity index (χ0) is 24.4. The third-order valence-electron chi connectivity index (χ3n) is 7.11. The predicted octanol–water partition coefficient (Wildman–Crippen LogP) is 6.03. The van der Waals surface area contributed by atoms with Crippen molar-refractivity contribution in [3.8, 4) is 5.75 Å². The lowest BCUT2D eigenvalue weighted by atomic mass is 9.78. The van der Waals surface area contributed by atoms with E-state index in [2.05, 4.69) is 28.6 Å². The minimum atomic E-state index is -0.723. The highest BCUT2D eigenvalue weighted by Crippen LogP contribution is 2.39. The molecular formula is C29H31N3O3. The number of ether oxygens (including phenoxy) is 1. The fourth-order valence-corrected chi connectivity index (χ4v) is 5.09. The Morgan fingerprint density at radius 2 is 1.91 bits per heavy atom. The highest BCUT2D eigenvalue weighted by molar-refractivity contribution is 5.79. The van der Waals surface area contributed by atoms with E-state index in [9.17, 15) is 9.90 Å². The molecule has 6 nitrogen and oxygen atoms in total. The maximum absolute atomic E-state index is 12.1. The van der Waals surface area contributed by atoms with E-state index in [4.69, 9.17) is 9.72 Å². The second-order valence-corrected chi connectivity index (χ2v) is 9.58. The van der Waals surface area contributed by atoms with Crippen LogP contribution in [0, 0.1) is 19.8 Å². The molecule has 1 fully saturated rings. The van der Waals surface area contributed by atoms with E-state index in [0.717, 1.165) is 53.1 Å². The predicted molar refractivity (Wildman–Crippen MR) is 136 cm³/mol. The van der Waals surface area contributed by atoms with Crippen LogP contribution < -0.4 is 4.74 Å². The van der Waals surface area contributed by atoms with Crippen molar-refractivity contribution >= 4 is 17.0 Å². The zero-order valence-corrected chi connectivity index (χ0v) is 20.3. The normalized spacial score (nSPS) is 18.0. The van der Waals surface area contributed by atoms with Crippen LogP contribution in [-0.2, 0) is 17.9 Å². The minimum absolute atomic E-state index is 0.0983. The maximum Gasteiger partial charge on any atom is 0.307 e. The van der Waals surface area contributed by atoms with Gasteiger partial charge in [0.15, 0.2) is 0 Å². The number of benzene rings is 2. The Morgan fingerprint density at radius 3 is 2.69 bits per heavy atom. The lowest BCUT2D eigenvalue weighted by Crippen LogP contribution is -2.27. The van der Waals surface area contributed by atoms with Crippen LogP contribution in [0.1, 0.15) is 59.8 Å². The Morgan fingerprint density at radius 1 is 1.09 bits per heavy atom. The molecule has 1 aliphatic carbocycles. The Hall–Kier alpha value is -3.67. The molecule has 5 rings (SSSR count). The van der Waals surface area contributed by atoms with Crippen LogP contribution in [0.15, 0.2) is 60.8 Å². The van der Waals surface area contributed by atoms with Gasteiger partial charge in [0.25, 0.3) is 0 Å². The molecule has 0 saturated heterocycles. The summed E-state index contributed by atoms with van der Waals surface area (Å²) in [4.78, 5) is 21.5. The lowest BCUT2D eigenvalue weighted by Gasteiger charge is -2.28. The number of aromatic nitrogens is 3. The van der Waals surface area contributed by atoms with Gasteiger partial charge in [0.1, 0.15) is 18.2 Å². The van der Waals surface area contributed by atoms with Crippen LogP contribution in [0.5, 0.6) is 5.75 Å². The first kappa shape index (κ1) is 23.1. The summed E-state index contributed by atoms with van der Waals surface area (Å²) in [6.07, 6.45) is 5.37. The summed E-state index contributed by atoms with van der Waals surface area (Å²) in [5, 5.41) is 9.95. The maximum atomic E-state index is 12.1. The van der Waals surface area contributed by atoms with E-state index in [1.54, 1.807) is 0 Å². The van der Waals surface area contributed by atoms with Crippen molar-refractivity contribution in [2.45, 2.75) is 58.6 Å². The lowest BCUT2D eigenvalue weighted by molar-refractivity contribution is -0.143. The van der Waals surface area contributed by atoms with Gasteiger partial charge in [0, 0.05) is 24.7 Å². The van der Waals surface area contributed by atoms with Crippen LogP contribution in [0.25, 0.3) is 11.0 Å². The van der Waals surface area contributed by atoms with E-state index < -0.39 is 11.9 Å². The third-order valence-corrected chi connectivity index (χ3v) is 7.11. The number of imidazole rings is 1. The molecule has 35 heavy (non-hydrogen) atoms. The number of carbonyl (C=O) groups is 1. The van der Waals surface area contributed by atoms with E-state index in [1.807, 2.05) is 55.6 Å². The topological polar surface area (TPSA) is 77.2 Å². The van der Waals surface area contributed by atoms with Gasteiger partial charge in [-0.3, -0.25) is 9.78 Å². The number of hydrogen-bond donors (Lipinski definition) is 1. The first-order chi connectivity index (χ1) is 17.0. The van der Waals surface area contributed by atoms with E-state index >= 15 is 0 Å². The summed E-state index contributed by atoms with van der Waals surface area (Å²) in [7, 11) is 0. The van der Waals surface area contributed by atoms with Crippen LogP contribution in [0.2, 0.25) is 0 Å². The van der Waals surface area contributed by atoms with Crippen molar-refractivity contribution < 1.29 is 14.6 Å². The average Bonchev–Trinajstić information content (AvgIpc) is 3.22. The summed E-state index contributed by atoms with van der Waals surface area (Å²) in [6, 6.07) is 18.3. The number of carboxylic acid groups (broad SMARTS) is 1. The number of aliphatic carboxylic acids is 1. The molecule has 0 aliphatic heterocycles. The molecule has 2 aromatic carbocycles. The first-order valence-corrected chi connectivity index (χ1v) is 12.3. The second kappa shape index (κ2) is 9.90. The fourth-order valence-electron chi connectivity index (χ4n) is 5.09. The van der Waals surface area contributed by atoms with Crippen LogP contribution >= 0.6 is 0 Å². The van der Waals surface area contributed by atoms with Gasteiger partial charge in [-0.05, 0) is 61.6 Å². The minimum Gasteiger partial charge on any atom is -0.487 e. The van der Waals surface area contributed by atoms with Crippen molar-refractivity contribution in [3.63, 3.8) is 0 Å². The van der Waals surface area contributed by atoms with Crippen LogP contribution in [-0.4, -0.2) is 25.6 Å². The summed E-state index contributed by atoms with van der Waals surface area (Å²) < 4.78 is 8.29. The Kier molecular flexibility index (Phi) is 6.53. The van der Waals surface area contributed by atoms with E-state index in [0.29, 0.717) is 19.6 Å². The van der Waals surface area contributed by atoms with Gasteiger partial charge in [-0.2, -0.15) is 0 Å². The van der Waals surface area contributed by atoms with Gasteiger partial charge < -0.3 is 14.4 Å². The SMILES string of the molecule is Cc1ccc(COc2ccc3nc([C@H]4CCCC[C@@H]4C(=O)O)n(Cc4ccccc4C)c3c2)nc1. The first-order valence-electron chi connectivity index (χ1n) is 12.3. The molecule has 1 aliphatic rings. The molecule has 1 saturated carbocycles. The molecular weight excluding hydrogens is 438 g/mol. The third kappa shape index (κ3) is 4.92. The molecule has 2 heterocycles. The fraction of sp³-hybridized carbons (Fsp3) is 0.345. The molecule has 0 unspecified atom stereocenters. The highest BCUT2D eigenvalue weighted by atomic mass is 16.5. The van der Waals surface area contributed by atoms with Gasteiger partial charge in [0.05, 0.1) is 22.6 Å². The van der Waals surface area contributed by atoms with Crippen molar-refractivity contribution in [2.75, 3.05) is 0 Å². The molecule has 180 valence electrons. The van der Waals surface area contributed by atoms with Gasteiger partial charge in [-0.15, -0.1) is 0 Å². The second-order valence-electron chi connectivity index (χ2n) is 9.58. The van der Waals surface area contributed by atoms with Crippen LogP contribution in [0.4, 0.5) is 0 Å². The van der Waals surface area contributed by atoms with Crippen molar-refractivity contribution in [2.24, 2.45) is 5.92 Å². The number of carboxylic acids is 1. The number of pyridine rings is 1. The number of hydrogen-bond acceptors (Lipinski definition) is 4. The summed E-state index contributed by atoms with van der Waals surface area (Å²) in [5.74, 6) is 0.389. The summed E-state index contributed by atoms with van der Waals surface area (Å²) in [6.45, 7) is 5.15. The molecule has 4 aromatic rings. The molecule has 0 bridgehead atoms. The largest absolute Gasteiger partial charge is 0.487 e. The smallest absolute Gasteiger partial charge is 0.307 e. The van der Waals surface area contributed by atoms with Gasteiger partial charge in [0.2, 0.25) is 0 Å². The van der Waals surface area contributed by atoms with Gasteiger partial charge in [-0.1, -0.05) is 43.2 Å². The van der Waals surface area contributed by atoms with Gasteiger partial charge in [-0.25, -0.2) is 4.98 Å². The van der Waals surface area contributed by atoms with Crippen LogP contribution in [0.3, 0.4) is 0 Å². The summed E-state index contributed by atoms with van der Waals surface area (Å²) >= 11 is 0. The standard InChI is InChI=1S/C29H31N3O3/c1-19-11-12-22(30-16-19)18-35-23-13-14-26-27(15-23)32(17-21-8-4-3-7-20(21)2)28(31-26)24-9-5-6-10-25(24)29(33)34/h3-4,7-8,11-16,24-25H,5-6,9-10,17-18H2,1-2H3,(H,33,34)/t24-,25-/m0/s1. The number of fused-ring (bicyclic) bond motifs is 1.